The van der Waals surface area contributed by atoms with Gasteiger partial charge in [-0.2, -0.15) is 0 Å². The molecule has 27 heavy (non-hydrogen) atoms. The molecular formula is C21H30O6. The molecule has 0 aromatic heterocycles. The molecular weight excluding hydrogens is 348 g/mol. The van der Waals surface area contributed by atoms with Crippen molar-refractivity contribution in [1.29, 1.82) is 0 Å². The van der Waals surface area contributed by atoms with Crippen LogP contribution >= 0.6 is 0 Å². The van der Waals surface area contributed by atoms with E-state index in [1.165, 1.54) is 0 Å². The number of hydrogen-bond acceptors (Lipinski definition) is 6. The maximum Gasteiger partial charge on any atom is 0.373 e. The molecule has 4 rings (SSSR count). The fraction of sp³-hybridized carbons (Fsp3) is 0.810. The smallest absolute Gasteiger partial charge is 0.373 e. The van der Waals surface area contributed by atoms with Crippen LogP contribution < -0.4 is 0 Å². The number of ether oxygens (including phenoxy) is 3. The fourth-order valence-electron chi connectivity index (χ4n) is 5.68. The SMILES string of the molecule is C=C(O)C(=O)OC12CCCC(C1)CC(CC)(OC(=O)C1CCC3OC3C1)C2. The van der Waals surface area contributed by atoms with Gasteiger partial charge in [0.15, 0.2) is 5.76 Å². The number of aliphatic hydroxyl groups is 1. The lowest BCUT2D eigenvalue weighted by molar-refractivity contribution is -0.203. The summed E-state index contributed by atoms with van der Waals surface area (Å²) in [4.78, 5) is 24.9. The first-order valence-electron chi connectivity index (χ1n) is 10.3. The maximum atomic E-state index is 12.9. The second kappa shape index (κ2) is 6.80. The predicted octanol–water partition coefficient (Wildman–Crippen LogP) is 3.58. The lowest BCUT2D eigenvalue weighted by Crippen LogP contribution is -2.55. The number of esters is 2. The van der Waals surface area contributed by atoms with Gasteiger partial charge in [0.25, 0.3) is 0 Å². The molecule has 1 saturated heterocycles. The van der Waals surface area contributed by atoms with Crippen molar-refractivity contribution in [2.24, 2.45) is 11.8 Å². The minimum atomic E-state index is -0.766. The molecule has 1 heterocycles. The average Bonchev–Trinajstić information content (AvgIpc) is 3.39. The monoisotopic (exact) mass is 378 g/mol. The molecule has 4 fully saturated rings. The summed E-state index contributed by atoms with van der Waals surface area (Å²) >= 11 is 0. The van der Waals surface area contributed by atoms with Crippen LogP contribution in [0.5, 0.6) is 0 Å². The first kappa shape index (κ1) is 18.8. The van der Waals surface area contributed by atoms with Crippen LogP contribution in [-0.2, 0) is 23.8 Å². The number of epoxide rings is 1. The Kier molecular flexibility index (Phi) is 4.73. The van der Waals surface area contributed by atoms with E-state index < -0.39 is 22.9 Å². The number of carbonyl (C=O) groups is 2. The van der Waals surface area contributed by atoms with E-state index in [0.29, 0.717) is 24.9 Å². The normalized spacial score (nSPS) is 42.6. The molecule has 6 atom stereocenters. The first-order valence-corrected chi connectivity index (χ1v) is 10.3. The van der Waals surface area contributed by atoms with Gasteiger partial charge in [-0.1, -0.05) is 13.3 Å². The number of fused-ring (bicyclic) bond motifs is 3. The second-order valence-corrected chi connectivity index (χ2v) is 9.04. The van der Waals surface area contributed by atoms with Crippen molar-refractivity contribution in [2.75, 3.05) is 0 Å². The zero-order valence-electron chi connectivity index (χ0n) is 16.1. The van der Waals surface area contributed by atoms with Gasteiger partial charge in [-0.15, -0.1) is 0 Å². The molecule has 0 radical (unpaired) electrons. The van der Waals surface area contributed by atoms with Crippen LogP contribution in [-0.4, -0.2) is 40.5 Å². The third kappa shape index (κ3) is 3.73. The molecule has 4 aliphatic rings. The molecule has 1 N–H and O–H groups in total. The molecule has 6 nitrogen and oxygen atoms in total. The summed E-state index contributed by atoms with van der Waals surface area (Å²) in [6.45, 7) is 5.32. The summed E-state index contributed by atoms with van der Waals surface area (Å²) < 4.78 is 17.4. The van der Waals surface area contributed by atoms with E-state index in [0.717, 1.165) is 51.4 Å². The Morgan fingerprint density at radius 1 is 1.19 bits per heavy atom. The molecule has 0 aromatic rings. The number of aliphatic hydroxyl groups excluding tert-OH is 1. The van der Waals surface area contributed by atoms with E-state index in [-0.39, 0.29) is 18.0 Å². The van der Waals surface area contributed by atoms with Gasteiger partial charge in [-0.3, -0.25) is 4.79 Å². The molecule has 6 heteroatoms. The highest BCUT2D eigenvalue weighted by Crippen LogP contribution is 2.52. The van der Waals surface area contributed by atoms with Gasteiger partial charge in [0.1, 0.15) is 11.2 Å². The minimum absolute atomic E-state index is 0.0883. The molecule has 0 spiro atoms. The average molecular weight is 378 g/mol. The lowest BCUT2D eigenvalue weighted by atomic mass is 9.62. The largest absolute Gasteiger partial charge is 0.502 e. The minimum Gasteiger partial charge on any atom is -0.502 e. The predicted molar refractivity (Wildman–Crippen MR) is 96.9 cm³/mol. The Labute approximate surface area is 160 Å². The Morgan fingerprint density at radius 3 is 2.70 bits per heavy atom. The molecule has 3 aliphatic carbocycles. The van der Waals surface area contributed by atoms with Crippen molar-refractivity contribution < 1.29 is 28.9 Å². The molecule has 0 amide bonds. The third-order valence-electron chi connectivity index (χ3n) is 7.05. The summed E-state index contributed by atoms with van der Waals surface area (Å²) in [5.74, 6) is -1.19. The Morgan fingerprint density at radius 2 is 2.00 bits per heavy atom. The summed E-state index contributed by atoms with van der Waals surface area (Å²) in [5, 5.41) is 9.41. The van der Waals surface area contributed by atoms with E-state index in [1.807, 2.05) is 6.92 Å². The van der Waals surface area contributed by atoms with Crippen molar-refractivity contribution in [3.63, 3.8) is 0 Å². The fourth-order valence-corrected chi connectivity index (χ4v) is 5.68. The molecule has 6 unspecified atom stereocenters. The Hall–Kier alpha value is -1.56. The van der Waals surface area contributed by atoms with E-state index in [1.54, 1.807) is 0 Å². The summed E-state index contributed by atoms with van der Waals surface area (Å²) in [6, 6.07) is 0. The molecule has 0 aromatic carbocycles. The third-order valence-corrected chi connectivity index (χ3v) is 7.05. The van der Waals surface area contributed by atoms with Crippen molar-refractivity contribution >= 4 is 11.9 Å². The van der Waals surface area contributed by atoms with Crippen LogP contribution in [0, 0.1) is 11.8 Å². The zero-order chi connectivity index (χ0) is 19.2. The van der Waals surface area contributed by atoms with Crippen molar-refractivity contribution in [3.05, 3.63) is 12.3 Å². The van der Waals surface area contributed by atoms with Gasteiger partial charge in [-0.05, 0) is 63.9 Å². The van der Waals surface area contributed by atoms with Gasteiger partial charge >= 0.3 is 11.9 Å². The van der Waals surface area contributed by atoms with E-state index in [2.05, 4.69) is 6.58 Å². The van der Waals surface area contributed by atoms with E-state index in [4.69, 9.17) is 14.2 Å². The highest BCUT2D eigenvalue weighted by atomic mass is 16.6. The van der Waals surface area contributed by atoms with E-state index >= 15 is 0 Å². The first-order chi connectivity index (χ1) is 12.8. The van der Waals surface area contributed by atoms with Crippen molar-refractivity contribution in [2.45, 2.75) is 94.5 Å². The maximum absolute atomic E-state index is 12.9. The van der Waals surface area contributed by atoms with Crippen LogP contribution in [0.4, 0.5) is 0 Å². The van der Waals surface area contributed by atoms with Crippen LogP contribution in [0.3, 0.4) is 0 Å². The standard InChI is InChI=1S/C21H30O6/c1-3-20(27-19(24)15-6-7-16-17(9-15)25-16)10-14-5-4-8-21(11-14,12-20)26-18(23)13(2)22/h14-17,22H,2-12H2,1H3. The number of hydrogen-bond donors (Lipinski definition) is 1. The zero-order valence-corrected chi connectivity index (χ0v) is 16.1. The van der Waals surface area contributed by atoms with Crippen LogP contribution in [0.15, 0.2) is 12.3 Å². The number of rotatable bonds is 5. The number of carbonyl (C=O) groups excluding carboxylic acids is 2. The highest BCUT2D eigenvalue weighted by molar-refractivity contribution is 5.85. The summed E-state index contributed by atoms with van der Waals surface area (Å²) in [6.07, 6.45) is 8.69. The van der Waals surface area contributed by atoms with Crippen LogP contribution in [0.1, 0.15) is 71.1 Å². The van der Waals surface area contributed by atoms with Gasteiger partial charge in [0.2, 0.25) is 0 Å². The summed E-state index contributed by atoms with van der Waals surface area (Å²) in [5.41, 5.74) is -1.27. The van der Waals surface area contributed by atoms with Gasteiger partial charge in [0.05, 0.1) is 18.1 Å². The van der Waals surface area contributed by atoms with Gasteiger partial charge in [0, 0.05) is 6.42 Å². The van der Waals surface area contributed by atoms with E-state index in [9.17, 15) is 14.7 Å². The quantitative estimate of drug-likeness (QED) is 0.341. The van der Waals surface area contributed by atoms with Crippen LogP contribution in [0.25, 0.3) is 0 Å². The second-order valence-electron chi connectivity index (χ2n) is 9.04. The molecule has 1 aliphatic heterocycles. The highest BCUT2D eigenvalue weighted by Gasteiger charge is 2.55. The van der Waals surface area contributed by atoms with Gasteiger partial charge < -0.3 is 19.3 Å². The van der Waals surface area contributed by atoms with Crippen molar-refractivity contribution in [3.8, 4) is 0 Å². The molecule has 150 valence electrons. The van der Waals surface area contributed by atoms with Gasteiger partial charge in [-0.25, -0.2) is 4.79 Å². The molecule has 2 bridgehead atoms. The lowest BCUT2D eigenvalue weighted by Gasteiger charge is -2.52. The van der Waals surface area contributed by atoms with Crippen molar-refractivity contribution in [1.82, 2.24) is 0 Å². The van der Waals surface area contributed by atoms with Crippen LogP contribution in [0.2, 0.25) is 0 Å². The molecule has 3 saturated carbocycles. The topological polar surface area (TPSA) is 85.4 Å². The Bertz CT molecular complexity index is 645. The summed E-state index contributed by atoms with van der Waals surface area (Å²) in [7, 11) is 0. The Balaban J connectivity index is 1.49.